The standard InChI is InChI=1S/C20H16ClN5O4/c1-11-4-5-13(8-16(11)26(27)28)19-23-24-20(30-19)15-10-22-25(12(15)2)17-9-14(21)6-7-18(17)29-3/h4-10H,1-3H3. The lowest BCUT2D eigenvalue weighted by Crippen LogP contribution is -2.02. The van der Waals surface area contributed by atoms with E-state index in [-0.39, 0.29) is 17.5 Å². The molecule has 0 saturated carbocycles. The fourth-order valence-electron chi connectivity index (χ4n) is 3.08. The van der Waals surface area contributed by atoms with E-state index < -0.39 is 4.92 Å². The van der Waals surface area contributed by atoms with Gasteiger partial charge in [-0.2, -0.15) is 5.10 Å². The van der Waals surface area contributed by atoms with Gasteiger partial charge in [0.25, 0.3) is 11.6 Å². The Bertz CT molecular complexity index is 1260. The largest absolute Gasteiger partial charge is 0.494 e. The van der Waals surface area contributed by atoms with E-state index in [2.05, 4.69) is 15.3 Å². The molecule has 0 spiro atoms. The van der Waals surface area contributed by atoms with Gasteiger partial charge >= 0.3 is 0 Å². The SMILES string of the molecule is COc1ccc(Cl)cc1-n1ncc(-c2nnc(-c3ccc(C)c([N+](=O)[O-])c3)o2)c1C. The van der Waals surface area contributed by atoms with E-state index in [4.69, 9.17) is 20.8 Å². The number of halogens is 1. The zero-order chi connectivity index (χ0) is 21.4. The Hall–Kier alpha value is -3.72. The van der Waals surface area contributed by atoms with Crippen molar-refractivity contribution in [2.75, 3.05) is 7.11 Å². The van der Waals surface area contributed by atoms with Crippen LogP contribution in [0.3, 0.4) is 0 Å². The van der Waals surface area contributed by atoms with E-state index in [0.717, 1.165) is 5.69 Å². The molecule has 0 radical (unpaired) electrons. The highest BCUT2D eigenvalue weighted by Gasteiger charge is 2.20. The minimum atomic E-state index is -0.442. The van der Waals surface area contributed by atoms with Gasteiger partial charge in [0.1, 0.15) is 11.4 Å². The Kier molecular flexibility index (Phi) is 4.96. The second-order valence-corrected chi connectivity index (χ2v) is 6.98. The van der Waals surface area contributed by atoms with E-state index in [1.165, 1.54) is 6.07 Å². The predicted octanol–water partition coefficient (Wildman–Crippen LogP) is 4.78. The normalized spacial score (nSPS) is 10.9. The van der Waals surface area contributed by atoms with E-state index in [9.17, 15) is 10.1 Å². The highest BCUT2D eigenvalue weighted by molar-refractivity contribution is 6.30. The minimum Gasteiger partial charge on any atom is -0.494 e. The Morgan fingerprint density at radius 3 is 2.63 bits per heavy atom. The van der Waals surface area contributed by atoms with Crippen molar-refractivity contribution in [3.05, 3.63) is 69.0 Å². The number of aromatic nitrogens is 4. The van der Waals surface area contributed by atoms with Gasteiger partial charge in [-0.3, -0.25) is 10.1 Å². The van der Waals surface area contributed by atoms with Crippen molar-refractivity contribution in [1.82, 2.24) is 20.0 Å². The number of nitro groups is 1. The summed E-state index contributed by atoms with van der Waals surface area (Å²) in [5.74, 6) is 1.04. The molecule has 0 saturated heterocycles. The van der Waals surface area contributed by atoms with Crippen molar-refractivity contribution in [2.24, 2.45) is 0 Å². The summed E-state index contributed by atoms with van der Waals surface area (Å²) in [7, 11) is 1.57. The van der Waals surface area contributed by atoms with Gasteiger partial charge in [0, 0.05) is 22.2 Å². The molecule has 0 bridgehead atoms. The number of aryl methyl sites for hydroxylation is 1. The molecule has 9 nitrogen and oxygen atoms in total. The Morgan fingerprint density at radius 1 is 1.13 bits per heavy atom. The van der Waals surface area contributed by atoms with E-state index in [0.29, 0.717) is 33.1 Å². The average Bonchev–Trinajstić information content (AvgIpc) is 3.35. The lowest BCUT2D eigenvalue weighted by Gasteiger charge is -2.10. The summed E-state index contributed by atoms with van der Waals surface area (Å²) >= 11 is 6.13. The number of nitrogens with zero attached hydrogens (tertiary/aromatic N) is 5. The van der Waals surface area contributed by atoms with Crippen LogP contribution in [0.5, 0.6) is 5.75 Å². The maximum absolute atomic E-state index is 11.2. The Labute approximate surface area is 176 Å². The number of ether oxygens (including phenoxy) is 1. The first-order chi connectivity index (χ1) is 14.4. The fraction of sp³-hybridized carbons (Fsp3) is 0.150. The highest BCUT2D eigenvalue weighted by Crippen LogP contribution is 2.32. The molecule has 0 N–H and O–H groups in total. The van der Waals surface area contributed by atoms with Crippen LogP contribution in [0.1, 0.15) is 11.3 Å². The summed E-state index contributed by atoms with van der Waals surface area (Å²) in [4.78, 5) is 10.8. The quantitative estimate of drug-likeness (QED) is 0.334. The topological polar surface area (TPSA) is 109 Å². The average molecular weight is 426 g/mol. The van der Waals surface area contributed by atoms with Crippen LogP contribution in [0.2, 0.25) is 5.02 Å². The predicted molar refractivity (Wildman–Crippen MR) is 110 cm³/mol. The van der Waals surface area contributed by atoms with Gasteiger partial charge in [0.15, 0.2) is 0 Å². The van der Waals surface area contributed by atoms with E-state index >= 15 is 0 Å². The lowest BCUT2D eigenvalue weighted by atomic mass is 10.1. The molecule has 10 heteroatoms. The monoisotopic (exact) mass is 425 g/mol. The molecule has 30 heavy (non-hydrogen) atoms. The van der Waals surface area contributed by atoms with Gasteiger partial charge in [0.2, 0.25) is 5.89 Å². The number of rotatable bonds is 5. The number of hydrogen-bond acceptors (Lipinski definition) is 7. The molecular formula is C20H16ClN5O4. The van der Waals surface area contributed by atoms with Crippen molar-refractivity contribution in [3.8, 4) is 34.3 Å². The van der Waals surface area contributed by atoms with Crippen LogP contribution in [0.4, 0.5) is 5.69 Å². The van der Waals surface area contributed by atoms with Gasteiger partial charge < -0.3 is 9.15 Å². The first-order valence-corrected chi connectivity index (χ1v) is 9.24. The van der Waals surface area contributed by atoms with Gasteiger partial charge in [-0.15, -0.1) is 10.2 Å². The fourth-order valence-corrected chi connectivity index (χ4v) is 3.25. The third-order valence-electron chi connectivity index (χ3n) is 4.69. The van der Waals surface area contributed by atoms with Crippen molar-refractivity contribution in [2.45, 2.75) is 13.8 Å². The van der Waals surface area contributed by atoms with Crippen LogP contribution >= 0.6 is 11.6 Å². The van der Waals surface area contributed by atoms with Crippen LogP contribution in [-0.2, 0) is 0 Å². The molecular weight excluding hydrogens is 410 g/mol. The summed E-state index contributed by atoms with van der Waals surface area (Å²) in [6.45, 7) is 3.52. The van der Waals surface area contributed by atoms with Crippen LogP contribution in [-0.4, -0.2) is 32.0 Å². The van der Waals surface area contributed by atoms with Gasteiger partial charge in [0.05, 0.1) is 29.5 Å². The molecule has 2 aromatic carbocycles. The molecule has 2 heterocycles. The summed E-state index contributed by atoms with van der Waals surface area (Å²) < 4.78 is 12.9. The third kappa shape index (κ3) is 3.39. The smallest absolute Gasteiger partial charge is 0.273 e. The van der Waals surface area contributed by atoms with Gasteiger partial charge in [-0.1, -0.05) is 17.7 Å². The maximum atomic E-state index is 11.2. The summed E-state index contributed by atoms with van der Waals surface area (Å²) in [5.41, 5.74) is 3.04. The Morgan fingerprint density at radius 2 is 1.90 bits per heavy atom. The number of benzene rings is 2. The molecule has 0 amide bonds. The number of nitro benzene ring substituents is 1. The van der Waals surface area contributed by atoms with Crippen LogP contribution < -0.4 is 4.74 Å². The third-order valence-corrected chi connectivity index (χ3v) is 4.92. The summed E-state index contributed by atoms with van der Waals surface area (Å²) in [6.07, 6.45) is 1.60. The first kappa shape index (κ1) is 19.6. The molecule has 4 rings (SSSR count). The summed E-state index contributed by atoms with van der Waals surface area (Å²) in [6, 6.07) is 10.00. The van der Waals surface area contributed by atoms with E-state index in [1.54, 1.807) is 55.2 Å². The second kappa shape index (κ2) is 7.60. The van der Waals surface area contributed by atoms with Crippen molar-refractivity contribution >= 4 is 17.3 Å². The van der Waals surface area contributed by atoms with E-state index in [1.807, 2.05) is 6.92 Å². The number of methoxy groups -OCH3 is 1. The zero-order valence-electron chi connectivity index (χ0n) is 16.3. The molecule has 4 aromatic rings. The molecule has 0 fully saturated rings. The van der Waals surface area contributed by atoms with Crippen molar-refractivity contribution < 1.29 is 14.1 Å². The minimum absolute atomic E-state index is 0.00991. The molecule has 0 atom stereocenters. The van der Waals surface area contributed by atoms with Gasteiger partial charge in [-0.05, 0) is 38.1 Å². The van der Waals surface area contributed by atoms with Crippen LogP contribution in [0, 0.1) is 24.0 Å². The lowest BCUT2D eigenvalue weighted by molar-refractivity contribution is -0.385. The first-order valence-electron chi connectivity index (χ1n) is 8.87. The zero-order valence-corrected chi connectivity index (χ0v) is 17.0. The summed E-state index contributed by atoms with van der Waals surface area (Å²) in [5, 5.41) is 24.3. The molecule has 0 aliphatic carbocycles. The van der Waals surface area contributed by atoms with Crippen LogP contribution in [0.25, 0.3) is 28.6 Å². The van der Waals surface area contributed by atoms with Crippen LogP contribution in [0.15, 0.2) is 47.0 Å². The Balaban J connectivity index is 1.73. The molecule has 0 aliphatic rings. The number of hydrogen-bond donors (Lipinski definition) is 0. The van der Waals surface area contributed by atoms with Crippen molar-refractivity contribution in [1.29, 1.82) is 0 Å². The highest BCUT2D eigenvalue weighted by atomic mass is 35.5. The molecule has 2 aromatic heterocycles. The van der Waals surface area contributed by atoms with Gasteiger partial charge in [-0.25, -0.2) is 4.68 Å². The maximum Gasteiger partial charge on any atom is 0.273 e. The molecule has 0 aliphatic heterocycles. The second-order valence-electron chi connectivity index (χ2n) is 6.54. The molecule has 0 unspecified atom stereocenters. The van der Waals surface area contributed by atoms with Crippen molar-refractivity contribution in [3.63, 3.8) is 0 Å². The molecule has 152 valence electrons.